The molecule has 27 heavy (non-hydrogen) atoms. The van der Waals surface area contributed by atoms with E-state index in [0.29, 0.717) is 18.5 Å². The first-order valence-corrected chi connectivity index (χ1v) is 9.00. The molecule has 1 aliphatic heterocycles. The second-order valence-corrected chi connectivity index (χ2v) is 6.30. The van der Waals surface area contributed by atoms with Gasteiger partial charge in [-0.05, 0) is 56.3 Å². The third-order valence-electron chi connectivity index (χ3n) is 4.36. The van der Waals surface area contributed by atoms with Crippen molar-refractivity contribution in [1.82, 2.24) is 29.6 Å². The minimum atomic E-state index is 0.213. The summed E-state index contributed by atoms with van der Waals surface area (Å²) in [5.74, 6) is 1.81. The molecule has 0 atom stereocenters. The fourth-order valence-corrected chi connectivity index (χ4v) is 2.99. The summed E-state index contributed by atoms with van der Waals surface area (Å²) in [7, 11) is 0. The van der Waals surface area contributed by atoms with E-state index >= 15 is 0 Å². The highest BCUT2D eigenvalue weighted by Gasteiger charge is 2.12. The smallest absolute Gasteiger partial charge is 0.253 e. The van der Waals surface area contributed by atoms with Gasteiger partial charge in [0.1, 0.15) is 12.4 Å². The first-order valence-electron chi connectivity index (χ1n) is 9.00. The van der Waals surface area contributed by atoms with E-state index in [2.05, 4.69) is 30.3 Å². The highest BCUT2D eigenvalue weighted by Crippen LogP contribution is 2.19. The van der Waals surface area contributed by atoms with Gasteiger partial charge in [-0.15, -0.1) is 5.10 Å². The van der Waals surface area contributed by atoms with Crippen LogP contribution >= 0.6 is 0 Å². The van der Waals surface area contributed by atoms with Crippen molar-refractivity contribution in [2.45, 2.75) is 12.8 Å². The number of hydrogen-bond donors (Lipinski definition) is 2. The Morgan fingerprint density at radius 1 is 1.07 bits per heavy atom. The summed E-state index contributed by atoms with van der Waals surface area (Å²) in [5.41, 5.74) is 6.74. The lowest BCUT2D eigenvalue weighted by molar-refractivity contribution is 0.238. The van der Waals surface area contributed by atoms with E-state index in [1.807, 2.05) is 24.3 Å². The van der Waals surface area contributed by atoms with Crippen LogP contribution in [0.5, 0.6) is 5.75 Å². The van der Waals surface area contributed by atoms with Crippen LogP contribution in [0.1, 0.15) is 12.8 Å². The molecule has 1 fully saturated rings. The Morgan fingerprint density at radius 3 is 2.56 bits per heavy atom. The number of likely N-dealkylation sites (tertiary alicyclic amines) is 1. The first-order chi connectivity index (χ1) is 13.3. The van der Waals surface area contributed by atoms with Crippen molar-refractivity contribution in [3.63, 3.8) is 0 Å². The van der Waals surface area contributed by atoms with Crippen LogP contribution in [0, 0.1) is 0 Å². The molecule has 0 radical (unpaired) electrons. The zero-order valence-electron chi connectivity index (χ0n) is 15.0. The quantitative estimate of drug-likeness (QED) is 0.652. The van der Waals surface area contributed by atoms with Gasteiger partial charge < -0.3 is 15.8 Å². The summed E-state index contributed by atoms with van der Waals surface area (Å²) in [6.45, 7) is 4.04. The third-order valence-corrected chi connectivity index (χ3v) is 4.36. The number of rotatable bonds is 7. The fraction of sp³-hybridized carbons (Fsp3) is 0.333. The second kappa shape index (κ2) is 8.00. The number of nitrogens with zero attached hydrogens (tertiary/aromatic N) is 6. The molecule has 9 nitrogen and oxygen atoms in total. The Labute approximate surface area is 157 Å². The molecule has 2 aromatic heterocycles. The second-order valence-electron chi connectivity index (χ2n) is 6.30. The highest BCUT2D eigenvalue weighted by atomic mass is 16.5. The molecule has 1 saturated heterocycles. The van der Waals surface area contributed by atoms with Gasteiger partial charge in [0, 0.05) is 24.6 Å². The SMILES string of the molecule is Nc1nc(Nc2ccc(OCCN3CCCC3)cc2)nn1-c1ncccn1. The van der Waals surface area contributed by atoms with Gasteiger partial charge in [0.15, 0.2) is 0 Å². The fourth-order valence-electron chi connectivity index (χ4n) is 2.99. The molecule has 1 aliphatic rings. The molecule has 1 aromatic carbocycles. The molecule has 0 bridgehead atoms. The number of hydrogen-bond acceptors (Lipinski definition) is 8. The average molecular weight is 366 g/mol. The minimum Gasteiger partial charge on any atom is -0.492 e. The number of aromatic nitrogens is 5. The van der Waals surface area contributed by atoms with Gasteiger partial charge in [0.05, 0.1) is 0 Å². The van der Waals surface area contributed by atoms with Crippen LogP contribution in [0.2, 0.25) is 0 Å². The van der Waals surface area contributed by atoms with E-state index in [9.17, 15) is 0 Å². The lowest BCUT2D eigenvalue weighted by Gasteiger charge is -2.15. The number of nitrogens with two attached hydrogens (primary N) is 1. The van der Waals surface area contributed by atoms with Crippen LogP contribution in [-0.4, -0.2) is 55.9 Å². The molecule has 9 heteroatoms. The molecule has 0 unspecified atom stereocenters. The summed E-state index contributed by atoms with van der Waals surface area (Å²) in [5, 5.41) is 7.42. The highest BCUT2D eigenvalue weighted by molar-refractivity contribution is 5.55. The van der Waals surface area contributed by atoms with Crippen LogP contribution < -0.4 is 15.8 Å². The molecular weight excluding hydrogens is 344 g/mol. The van der Waals surface area contributed by atoms with Crippen LogP contribution in [-0.2, 0) is 0 Å². The standard InChI is InChI=1S/C18H22N8O/c19-16-23-17(24-26(16)18-20-8-3-9-21-18)22-14-4-6-15(7-5-14)27-13-12-25-10-1-2-11-25/h3-9H,1-2,10-13H2,(H3,19,22,23,24). The average Bonchev–Trinajstić information content (AvgIpc) is 3.34. The van der Waals surface area contributed by atoms with E-state index < -0.39 is 0 Å². The molecule has 0 saturated carbocycles. The lowest BCUT2D eigenvalue weighted by atomic mass is 10.3. The molecular formula is C18H22N8O. The van der Waals surface area contributed by atoms with E-state index in [1.165, 1.54) is 30.6 Å². The summed E-state index contributed by atoms with van der Waals surface area (Å²) in [4.78, 5) is 14.9. The van der Waals surface area contributed by atoms with Gasteiger partial charge >= 0.3 is 0 Å². The molecule has 4 rings (SSSR count). The van der Waals surface area contributed by atoms with Gasteiger partial charge in [-0.25, -0.2) is 9.97 Å². The van der Waals surface area contributed by atoms with Crippen molar-refractivity contribution in [3.05, 3.63) is 42.7 Å². The Morgan fingerprint density at radius 2 is 1.81 bits per heavy atom. The Bertz CT molecular complexity index is 859. The van der Waals surface area contributed by atoms with Crippen molar-refractivity contribution in [1.29, 1.82) is 0 Å². The summed E-state index contributed by atoms with van der Waals surface area (Å²) < 4.78 is 7.20. The summed E-state index contributed by atoms with van der Waals surface area (Å²) in [6, 6.07) is 9.41. The van der Waals surface area contributed by atoms with Crippen LogP contribution in [0.25, 0.3) is 5.95 Å². The molecule has 0 amide bonds. The molecule has 3 aromatic rings. The van der Waals surface area contributed by atoms with E-state index in [-0.39, 0.29) is 5.95 Å². The van der Waals surface area contributed by atoms with Gasteiger partial charge in [-0.3, -0.25) is 4.90 Å². The molecule has 0 spiro atoms. The maximum absolute atomic E-state index is 5.90. The van der Waals surface area contributed by atoms with Crippen molar-refractivity contribution in [2.75, 3.05) is 37.3 Å². The Kier molecular flexibility index (Phi) is 5.10. The molecule has 3 heterocycles. The van der Waals surface area contributed by atoms with Gasteiger partial charge in [-0.2, -0.15) is 9.67 Å². The number of benzene rings is 1. The van der Waals surface area contributed by atoms with E-state index in [1.54, 1.807) is 18.5 Å². The summed E-state index contributed by atoms with van der Waals surface area (Å²) >= 11 is 0. The normalized spacial score (nSPS) is 14.4. The van der Waals surface area contributed by atoms with Crippen LogP contribution in [0.15, 0.2) is 42.7 Å². The Hall–Kier alpha value is -3.20. The predicted molar refractivity (Wildman–Crippen MR) is 102 cm³/mol. The van der Waals surface area contributed by atoms with E-state index in [0.717, 1.165) is 18.0 Å². The van der Waals surface area contributed by atoms with Crippen LogP contribution in [0.4, 0.5) is 17.6 Å². The number of ether oxygens (including phenoxy) is 1. The lowest BCUT2D eigenvalue weighted by Crippen LogP contribution is -2.25. The third kappa shape index (κ3) is 4.32. The van der Waals surface area contributed by atoms with Crippen molar-refractivity contribution in [2.24, 2.45) is 0 Å². The summed E-state index contributed by atoms with van der Waals surface area (Å²) in [6.07, 6.45) is 5.84. The monoisotopic (exact) mass is 366 g/mol. The number of nitrogens with one attached hydrogen (secondary N) is 1. The maximum atomic E-state index is 5.90. The van der Waals surface area contributed by atoms with Crippen molar-refractivity contribution in [3.8, 4) is 11.7 Å². The van der Waals surface area contributed by atoms with E-state index in [4.69, 9.17) is 10.5 Å². The molecule has 140 valence electrons. The largest absolute Gasteiger partial charge is 0.492 e. The zero-order chi connectivity index (χ0) is 18.5. The van der Waals surface area contributed by atoms with Crippen LogP contribution in [0.3, 0.4) is 0 Å². The number of anilines is 3. The topological polar surface area (TPSA) is 107 Å². The zero-order valence-corrected chi connectivity index (χ0v) is 15.0. The first kappa shape index (κ1) is 17.2. The predicted octanol–water partition coefficient (Wildman–Crippen LogP) is 1.86. The molecule has 3 N–H and O–H groups in total. The maximum Gasteiger partial charge on any atom is 0.253 e. The van der Waals surface area contributed by atoms with Gasteiger partial charge in [-0.1, -0.05) is 0 Å². The van der Waals surface area contributed by atoms with Crippen molar-refractivity contribution < 1.29 is 4.74 Å². The van der Waals surface area contributed by atoms with Gasteiger partial charge in [0.2, 0.25) is 11.9 Å². The molecule has 0 aliphatic carbocycles. The van der Waals surface area contributed by atoms with Gasteiger partial charge in [0.25, 0.3) is 5.95 Å². The Balaban J connectivity index is 1.34. The number of nitrogen functional groups attached to an aromatic ring is 1. The van der Waals surface area contributed by atoms with Crippen molar-refractivity contribution >= 4 is 17.6 Å². The minimum absolute atomic E-state index is 0.213.